The van der Waals surface area contributed by atoms with E-state index in [1.54, 1.807) is 0 Å². The van der Waals surface area contributed by atoms with Crippen LogP contribution in [0.2, 0.25) is 0 Å². The monoisotopic (exact) mass is 652 g/mol. The number of rotatable bonds is 4. The molecule has 1 spiro atoms. The van der Waals surface area contributed by atoms with Gasteiger partial charge < -0.3 is 0 Å². The summed E-state index contributed by atoms with van der Waals surface area (Å²) in [6.07, 6.45) is 7.64. The molecule has 0 aliphatic heterocycles. The number of hydrogen-bond acceptors (Lipinski definition) is 4. The Hall–Kier alpha value is -6.52. The van der Waals surface area contributed by atoms with E-state index < -0.39 is 5.41 Å². The van der Waals surface area contributed by atoms with E-state index in [1.165, 1.54) is 44.5 Å². The molecule has 0 N–H and O–H groups in total. The fraction of sp³-hybridized carbons (Fsp3) is 0.0638. The Kier molecular flexibility index (Phi) is 6.49. The highest BCUT2D eigenvalue weighted by molar-refractivity contribution is 5.96. The zero-order chi connectivity index (χ0) is 34.1. The smallest absolute Gasteiger partial charge is 0.0725 e. The van der Waals surface area contributed by atoms with E-state index in [9.17, 15) is 0 Å². The minimum Gasteiger partial charge on any atom is -0.261 e. The Morgan fingerprint density at radius 1 is 0.353 bits per heavy atom. The van der Waals surface area contributed by atoms with Crippen molar-refractivity contribution in [3.05, 3.63) is 192 Å². The van der Waals surface area contributed by atoms with Gasteiger partial charge in [0.25, 0.3) is 0 Å². The number of nitrogens with zero attached hydrogens (tertiary/aromatic N) is 4. The van der Waals surface area contributed by atoms with Gasteiger partial charge in [-0.1, -0.05) is 84.9 Å². The zero-order valence-electron chi connectivity index (χ0n) is 28.3. The van der Waals surface area contributed by atoms with Gasteiger partial charge in [0.15, 0.2) is 0 Å². The molecule has 0 atom stereocenters. The standard InChI is InChI=1S/C47H32N4/c1-29-35(11-7-23-48-29)45-21-17-33(27-50-45)31-15-19-39-40-20-16-32(34-18-22-46(51-28-34)36-12-8-24-49-30(36)2)26-44(40)47(43(39)25-31)41-13-5-3-9-37(41)38-10-4-6-14-42(38)47/h3-28H,1-2H3. The van der Waals surface area contributed by atoms with E-state index in [4.69, 9.17) is 9.97 Å². The van der Waals surface area contributed by atoms with Gasteiger partial charge in [0.1, 0.15) is 0 Å². The van der Waals surface area contributed by atoms with Gasteiger partial charge in [-0.15, -0.1) is 0 Å². The summed E-state index contributed by atoms with van der Waals surface area (Å²) in [6.45, 7) is 4.06. The van der Waals surface area contributed by atoms with Gasteiger partial charge in [0.05, 0.1) is 16.8 Å². The predicted molar refractivity (Wildman–Crippen MR) is 205 cm³/mol. The molecule has 0 radical (unpaired) electrons. The van der Waals surface area contributed by atoms with Crippen molar-refractivity contribution in [1.82, 2.24) is 19.9 Å². The second kappa shape index (κ2) is 11.3. The summed E-state index contributed by atoms with van der Waals surface area (Å²) in [5.41, 5.74) is 20.3. The third-order valence-corrected chi connectivity index (χ3v) is 10.8. The topological polar surface area (TPSA) is 51.6 Å². The Labute approximate surface area is 297 Å². The van der Waals surface area contributed by atoms with Gasteiger partial charge in [0.2, 0.25) is 0 Å². The molecule has 2 aliphatic rings. The lowest BCUT2D eigenvalue weighted by Crippen LogP contribution is -2.26. The highest BCUT2D eigenvalue weighted by Crippen LogP contribution is 2.63. The van der Waals surface area contributed by atoms with Crippen LogP contribution < -0.4 is 0 Å². The summed E-state index contributed by atoms with van der Waals surface area (Å²) < 4.78 is 0. The molecule has 0 unspecified atom stereocenters. The fourth-order valence-corrected chi connectivity index (χ4v) is 8.46. The molecule has 4 heterocycles. The SMILES string of the molecule is Cc1ncccc1-c1ccc(-c2ccc3c(c2)C2(c4ccccc4-c4ccccc42)c2cc(-c4ccc(-c5cccnc5C)nc4)ccc2-3)cn1. The lowest BCUT2D eigenvalue weighted by molar-refractivity contribution is 0.794. The molecule has 4 heteroatoms. The molecular weight excluding hydrogens is 621 g/mol. The lowest BCUT2D eigenvalue weighted by Gasteiger charge is -2.31. The summed E-state index contributed by atoms with van der Waals surface area (Å²) in [7, 11) is 0. The molecule has 10 rings (SSSR count). The molecule has 0 bridgehead atoms. The maximum Gasteiger partial charge on any atom is 0.0725 e. The molecule has 8 aromatic rings. The van der Waals surface area contributed by atoms with Crippen LogP contribution in [0.15, 0.2) is 158 Å². The van der Waals surface area contributed by atoms with Crippen LogP contribution in [0.3, 0.4) is 0 Å². The van der Waals surface area contributed by atoms with Gasteiger partial charge in [-0.25, -0.2) is 0 Å². The summed E-state index contributed by atoms with van der Waals surface area (Å²) in [5.74, 6) is 0. The van der Waals surface area contributed by atoms with Crippen molar-refractivity contribution in [2.24, 2.45) is 0 Å². The first-order chi connectivity index (χ1) is 25.1. The predicted octanol–water partition coefficient (Wildman–Crippen LogP) is 10.9. The van der Waals surface area contributed by atoms with E-state index in [-0.39, 0.29) is 0 Å². The van der Waals surface area contributed by atoms with Crippen LogP contribution in [0.1, 0.15) is 33.6 Å². The maximum atomic E-state index is 4.91. The van der Waals surface area contributed by atoms with Crippen LogP contribution in [0, 0.1) is 13.8 Å². The van der Waals surface area contributed by atoms with Crippen LogP contribution in [0.4, 0.5) is 0 Å². The first-order valence-electron chi connectivity index (χ1n) is 17.4. The third kappa shape index (κ3) is 4.33. The van der Waals surface area contributed by atoms with Gasteiger partial charge in [-0.2, -0.15) is 0 Å². The first kappa shape index (κ1) is 29.4. The molecule has 4 aromatic heterocycles. The fourth-order valence-electron chi connectivity index (χ4n) is 8.46. The average molecular weight is 653 g/mol. The maximum absolute atomic E-state index is 4.91. The van der Waals surface area contributed by atoms with Crippen molar-refractivity contribution < 1.29 is 0 Å². The molecule has 0 saturated carbocycles. The molecule has 2 aliphatic carbocycles. The number of pyridine rings is 4. The highest BCUT2D eigenvalue weighted by Gasteiger charge is 2.51. The lowest BCUT2D eigenvalue weighted by atomic mass is 9.70. The Morgan fingerprint density at radius 2 is 0.765 bits per heavy atom. The van der Waals surface area contributed by atoms with Crippen LogP contribution in [-0.4, -0.2) is 19.9 Å². The van der Waals surface area contributed by atoms with E-state index in [0.29, 0.717) is 0 Å². The van der Waals surface area contributed by atoms with Crippen molar-refractivity contribution in [1.29, 1.82) is 0 Å². The largest absolute Gasteiger partial charge is 0.261 e. The van der Waals surface area contributed by atoms with Crippen LogP contribution in [0.25, 0.3) is 67.0 Å². The summed E-state index contributed by atoms with van der Waals surface area (Å²) in [4.78, 5) is 18.8. The van der Waals surface area contributed by atoms with Crippen molar-refractivity contribution in [3.8, 4) is 67.0 Å². The van der Waals surface area contributed by atoms with Crippen molar-refractivity contribution in [3.63, 3.8) is 0 Å². The van der Waals surface area contributed by atoms with Crippen molar-refractivity contribution >= 4 is 0 Å². The van der Waals surface area contributed by atoms with Gasteiger partial charge in [-0.05, 0) is 118 Å². The van der Waals surface area contributed by atoms with Gasteiger partial charge >= 0.3 is 0 Å². The molecule has 0 fully saturated rings. The first-order valence-corrected chi connectivity index (χ1v) is 17.4. The normalized spacial score (nSPS) is 13.1. The number of benzene rings is 4. The average Bonchev–Trinajstić information content (AvgIpc) is 3.65. The number of hydrogen-bond donors (Lipinski definition) is 0. The quantitative estimate of drug-likeness (QED) is 0.190. The second-order valence-electron chi connectivity index (χ2n) is 13.5. The van der Waals surface area contributed by atoms with E-state index in [0.717, 1.165) is 56.2 Å². The highest BCUT2D eigenvalue weighted by atomic mass is 14.7. The van der Waals surface area contributed by atoms with Crippen LogP contribution in [-0.2, 0) is 5.41 Å². The van der Waals surface area contributed by atoms with Gasteiger partial charge in [-0.3, -0.25) is 19.9 Å². The van der Waals surface area contributed by atoms with E-state index in [2.05, 4.69) is 131 Å². The Bertz CT molecular complexity index is 2470. The minimum atomic E-state index is -0.468. The Balaban J connectivity index is 1.15. The Morgan fingerprint density at radius 3 is 1.20 bits per heavy atom. The number of aromatic nitrogens is 4. The minimum absolute atomic E-state index is 0.468. The molecule has 240 valence electrons. The second-order valence-corrected chi connectivity index (χ2v) is 13.5. The molecule has 0 saturated heterocycles. The van der Waals surface area contributed by atoms with Crippen LogP contribution in [0.5, 0.6) is 0 Å². The van der Waals surface area contributed by atoms with Gasteiger partial charge in [0, 0.05) is 58.4 Å². The number of fused-ring (bicyclic) bond motifs is 10. The third-order valence-electron chi connectivity index (χ3n) is 10.8. The zero-order valence-corrected chi connectivity index (χ0v) is 28.3. The molecule has 51 heavy (non-hydrogen) atoms. The van der Waals surface area contributed by atoms with E-state index >= 15 is 0 Å². The number of aryl methyl sites for hydroxylation is 2. The molecule has 0 amide bonds. The summed E-state index contributed by atoms with van der Waals surface area (Å²) >= 11 is 0. The van der Waals surface area contributed by atoms with Crippen molar-refractivity contribution in [2.75, 3.05) is 0 Å². The molecule has 4 nitrogen and oxygen atoms in total. The van der Waals surface area contributed by atoms with Crippen molar-refractivity contribution in [2.45, 2.75) is 19.3 Å². The van der Waals surface area contributed by atoms with E-state index in [1.807, 2.05) is 50.8 Å². The molecular formula is C47H32N4. The summed E-state index contributed by atoms with van der Waals surface area (Å²) in [5, 5.41) is 0. The summed E-state index contributed by atoms with van der Waals surface area (Å²) in [6, 6.07) is 48.5. The van der Waals surface area contributed by atoms with Crippen LogP contribution >= 0.6 is 0 Å². The molecule has 4 aromatic carbocycles.